The molecule has 2 aromatic carbocycles. The number of ether oxygens (including phenoxy) is 1. The van der Waals surface area contributed by atoms with E-state index < -0.39 is 44.7 Å². The number of aromatic nitrogens is 2. The van der Waals surface area contributed by atoms with E-state index in [0.29, 0.717) is 6.07 Å². The predicted molar refractivity (Wildman–Crippen MR) is 98.9 cm³/mol. The minimum Gasteiger partial charge on any atom is -0.406 e. The first-order valence-corrected chi connectivity index (χ1v) is 10.5. The Kier molecular flexibility index (Phi) is 5.74. The fourth-order valence-electron chi connectivity index (χ4n) is 2.92. The van der Waals surface area contributed by atoms with E-state index in [4.69, 9.17) is 0 Å². The summed E-state index contributed by atoms with van der Waals surface area (Å²) < 4.78 is 119. The van der Waals surface area contributed by atoms with Crippen LogP contribution >= 0.6 is 0 Å². The molecule has 172 valence electrons. The highest BCUT2D eigenvalue weighted by atomic mass is 32.2. The number of hydrogen-bond acceptors (Lipinski definition) is 4. The lowest BCUT2D eigenvalue weighted by Crippen LogP contribution is -2.17. The summed E-state index contributed by atoms with van der Waals surface area (Å²) in [6.45, 7) is 1.26. The van der Waals surface area contributed by atoms with Crippen molar-refractivity contribution >= 4 is 9.84 Å². The fourth-order valence-corrected chi connectivity index (χ4v) is 3.65. The lowest BCUT2D eigenvalue weighted by atomic mass is 10.0. The second-order valence-electron chi connectivity index (χ2n) is 6.75. The van der Waals surface area contributed by atoms with Crippen LogP contribution in [0.25, 0.3) is 22.5 Å². The number of hydrogen-bond donors (Lipinski definition) is 1. The number of H-pyrrole nitrogens is 1. The molecule has 0 aliphatic rings. The van der Waals surface area contributed by atoms with E-state index in [1.165, 1.54) is 6.92 Å². The standard InChI is InChI=1S/C19H13F7N2O3S/c1-9-7-10(3-5-13(9)31-19(24,25)26)15-16(28-17(27-15)18(21,22)23)11-4-6-14(12(20)8-11)32(2,29)30/h3-8H,1-2H3,(H,27,28). The molecule has 32 heavy (non-hydrogen) atoms. The van der Waals surface area contributed by atoms with E-state index in [1.807, 2.05) is 0 Å². The number of halogens is 7. The Labute approximate surface area is 176 Å². The highest BCUT2D eigenvalue weighted by Crippen LogP contribution is 2.38. The van der Waals surface area contributed by atoms with Gasteiger partial charge in [0, 0.05) is 17.4 Å². The van der Waals surface area contributed by atoms with Crippen LogP contribution in [0, 0.1) is 12.7 Å². The molecule has 0 fully saturated rings. The highest BCUT2D eigenvalue weighted by Gasteiger charge is 2.36. The van der Waals surface area contributed by atoms with E-state index >= 15 is 0 Å². The maximum Gasteiger partial charge on any atom is 0.573 e. The number of nitrogens with one attached hydrogen (secondary N) is 1. The van der Waals surface area contributed by atoms with Crippen molar-refractivity contribution < 1.29 is 43.9 Å². The third-order valence-corrected chi connectivity index (χ3v) is 5.40. The molecule has 13 heteroatoms. The SMILES string of the molecule is Cc1cc(-c2[nH]c(C(F)(F)F)nc2-c2ccc(S(C)(=O)=O)c(F)c2)ccc1OC(F)(F)F. The van der Waals surface area contributed by atoms with Gasteiger partial charge in [-0.15, -0.1) is 13.2 Å². The van der Waals surface area contributed by atoms with Crippen LogP contribution in [-0.4, -0.2) is 31.0 Å². The Morgan fingerprint density at radius 3 is 2.09 bits per heavy atom. The van der Waals surface area contributed by atoms with Crippen LogP contribution in [0.2, 0.25) is 0 Å². The van der Waals surface area contributed by atoms with Crippen molar-refractivity contribution in [3.63, 3.8) is 0 Å². The molecule has 0 spiro atoms. The monoisotopic (exact) mass is 482 g/mol. The van der Waals surface area contributed by atoms with Gasteiger partial charge in [0.15, 0.2) is 9.84 Å². The van der Waals surface area contributed by atoms with Gasteiger partial charge in [0.1, 0.15) is 16.5 Å². The van der Waals surface area contributed by atoms with Gasteiger partial charge in [0.05, 0.1) is 11.4 Å². The predicted octanol–water partition coefficient (Wildman–Crippen LogP) is 5.51. The molecule has 0 amide bonds. The first-order chi connectivity index (χ1) is 14.6. The second-order valence-corrected chi connectivity index (χ2v) is 8.74. The molecule has 1 heterocycles. The number of alkyl halides is 6. The summed E-state index contributed by atoms with van der Waals surface area (Å²) in [6.07, 6.45) is -9.11. The molecule has 0 bridgehead atoms. The van der Waals surface area contributed by atoms with Crippen molar-refractivity contribution in [2.45, 2.75) is 24.4 Å². The molecule has 0 atom stereocenters. The molecule has 0 saturated heterocycles. The number of benzene rings is 2. The Morgan fingerprint density at radius 1 is 0.969 bits per heavy atom. The number of imidazole rings is 1. The number of nitrogens with zero attached hydrogens (tertiary/aromatic N) is 1. The van der Waals surface area contributed by atoms with Crippen LogP contribution in [0.5, 0.6) is 5.75 Å². The van der Waals surface area contributed by atoms with Gasteiger partial charge in [-0.1, -0.05) is 6.07 Å². The Hall–Kier alpha value is -3.09. The van der Waals surface area contributed by atoms with Crippen LogP contribution in [0.15, 0.2) is 41.3 Å². The molecule has 3 aromatic rings. The summed E-state index contributed by atoms with van der Waals surface area (Å²) >= 11 is 0. The normalized spacial score (nSPS) is 12.8. The molecule has 0 aliphatic heterocycles. The van der Waals surface area contributed by atoms with Crippen LogP contribution in [-0.2, 0) is 16.0 Å². The van der Waals surface area contributed by atoms with E-state index in [-0.39, 0.29) is 28.1 Å². The minimum atomic E-state index is -4.96. The first kappa shape index (κ1) is 23.6. The summed E-state index contributed by atoms with van der Waals surface area (Å²) in [4.78, 5) is 4.87. The molecule has 0 aliphatic carbocycles. The number of sulfone groups is 1. The average molecular weight is 482 g/mol. The van der Waals surface area contributed by atoms with Gasteiger partial charge in [0.25, 0.3) is 0 Å². The quantitative estimate of drug-likeness (QED) is 0.498. The summed E-state index contributed by atoms with van der Waals surface area (Å²) in [6, 6.07) is 5.81. The summed E-state index contributed by atoms with van der Waals surface area (Å²) in [5, 5.41) is 0. The largest absolute Gasteiger partial charge is 0.573 e. The van der Waals surface area contributed by atoms with Gasteiger partial charge in [-0.25, -0.2) is 17.8 Å². The molecule has 1 N–H and O–H groups in total. The van der Waals surface area contributed by atoms with E-state index in [2.05, 4.69) is 14.7 Å². The second kappa shape index (κ2) is 7.80. The van der Waals surface area contributed by atoms with Crippen LogP contribution in [0.3, 0.4) is 0 Å². The summed E-state index contributed by atoms with van der Waals surface area (Å²) in [7, 11) is -3.93. The van der Waals surface area contributed by atoms with E-state index in [9.17, 15) is 39.2 Å². The molecule has 1 aromatic heterocycles. The smallest absolute Gasteiger partial charge is 0.406 e. The minimum absolute atomic E-state index is 0.0163. The van der Waals surface area contributed by atoms with Gasteiger partial charge >= 0.3 is 12.5 Å². The van der Waals surface area contributed by atoms with Gasteiger partial charge in [0.2, 0.25) is 5.82 Å². The Bertz CT molecular complexity index is 1280. The first-order valence-electron chi connectivity index (χ1n) is 8.60. The number of aryl methyl sites for hydroxylation is 1. The molecule has 5 nitrogen and oxygen atoms in total. The van der Waals surface area contributed by atoms with Crippen molar-refractivity contribution in [2.75, 3.05) is 6.26 Å². The van der Waals surface area contributed by atoms with Crippen LogP contribution in [0.4, 0.5) is 30.7 Å². The van der Waals surface area contributed by atoms with Gasteiger partial charge in [-0.2, -0.15) is 13.2 Å². The zero-order valence-corrected chi connectivity index (χ0v) is 17.0. The third-order valence-electron chi connectivity index (χ3n) is 4.27. The lowest BCUT2D eigenvalue weighted by Gasteiger charge is -2.12. The van der Waals surface area contributed by atoms with Crippen molar-refractivity contribution in [1.29, 1.82) is 0 Å². The summed E-state index contributed by atoms with van der Waals surface area (Å²) in [5.41, 5.74) is -0.828. The van der Waals surface area contributed by atoms with Gasteiger partial charge < -0.3 is 9.72 Å². The van der Waals surface area contributed by atoms with Crippen molar-refractivity contribution in [2.24, 2.45) is 0 Å². The molecular weight excluding hydrogens is 469 g/mol. The van der Waals surface area contributed by atoms with E-state index in [1.54, 1.807) is 0 Å². The van der Waals surface area contributed by atoms with Crippen LogP contribution < -0.4 is 4.74 Å². The molecule has 0 saturated carbocycles. The molecule has 0 radical (unpaired) electrons. The average Bonchev–Trinajstić information content (AvgIpc) is 3.07. The van der Waals surface area contributed by atoms with Crippen LogP contribution in [0.1, 0.15) is 11.4 Å². The lowest BCUT2D eigenvalue weighted by molar-refractivity contribution is -0.274. The van der Waals surface area contributed by atoms with Crippen molar-refractivity contribution in [3.05, 3.63) is 53.6 Å². The summed E-state index contributed by atoms with van der Waals surface area (Å²) in [5.74, 6) is -3.18. The van der Waals surface area contributed by atoms with Gasteiger partial charge in [-0.05, 0) is 42.8 Å². The zero-order valence-electron chi connectivity index (χ0n) is 16.2. The number of aromatic amines is 1. The zero-order chi connectivity index (χ0) is 24.1. The van der Waals surface area contributed by atoms with E-state index in [0.717, 1.165) is 36.6 Å². The fraction of sp³-hybridized carbons (Fsp3) is 0.211. The molecular formula is C19H13F7N2O3S. The maximum absolute atomic E-state index is 14.3. The maximum atomic E-state index is 14.3. The number of rotatable bonds is 4. The van der Waals surface area contributed by atoms with Crippen molar-refractivity contribution in [1.82, 2.24) is 9.97 Å². The van der Waals surface area contributed by atoms with Crippen molar-refractivity contribution in [3.8, 4) is 28.3 Å². The third kappa shape index (κ3) is 5.03. The highest BCUT2D eigenvalue weighted by molar-refractivity contribution is 7.90. The Morgan fingerprint density at radius 2 is 1.59 bits per heavy atom. The molecule has 3 rings (SSSR count). The topological polar surface area (TPSA) is 72.0 Å². The molecule has 0 unspecified atom stereocenters. The van der Waals surface area contributed by atoms with Gasteiger partial charge in [-0.3, -0.25) is 0 Å². The Balaban J connectivity index is 2.17.